The fourth-order valence-corrected chi connectivity index (χ4v) is 2.92. The maximum atomic E-state index is 14.3. The highest BCUT2D eigenvalue weighted by molar-refractivity contribution is 6.08. The largest absolute Gasteiger partial charge is 0.457 e. The maximum Gasteiger partial charge on any atom is 0.389 e. The smallest absolute Gasteiger partial charge is 0.389 e. The van der Waals surface area contributed by atoms with E-state index < -0.39 is 76.7 Å². The summed E-state index contributed by atoms with van der Waals surface area (Å²) in [4.78, 5) is 11.9. The molecule has 0 radical (unpaired) electrons. The first-order valence-electron chi connectivity index (χ1n) is 7.83. The molecule has 0 saturated heterocycles. The number of fused-ring (bicyclic) bond motifs is 1. The molecular weight excluding hydrogens is 400 g/mol. The lowest BCUT2D eigenvalue weighted by atomic mass is 9.98. The molecule has 0 amide bonds. The van der Waals surface area contributed by atoms with Crippen LogP contribution in [0.5, 0.6) is 11.5 Å². The lowest BCUT2D eigenvalue weighted by Crippen LogP contribution is -2.26. The molecule has 1 atom stereocenters. The third-order valence-electron chi connectivity index (χ3n) is 4.14. The van der Waals surface area contributed by atoms with Gasteiger partial charge in [0.25, 0.3) is 0 Å². The van der Waals surface area contributed by atoms with E-state index in [1.807, 2.05) is 0 Å². The zero-order chi connectivity index (χ0) is 20.9. The monoisotopic (exact) mass is 410 g/mol. The van der Waals surface area contributed by atoms with Crippen LogP contribution in [0.3, 0.4) is 0 Å². The molecule has 10 heteroatoms. The SMILES string of the molecule is O=C1c2c(CCC(F)(F)F)ccc(Oc3cc(F)cc(F)c3)c2[C@@H](F)C1(F)F. The van der Waals surface area contributed by atoms with Crippen molar-refractivity contribution >= 4 is 5.78 Å². The Labute approximate surface area is 152 Å². The van der Waals surface area contributed by atoms with Gasteiger partial charge in [-0.05, 0) is 18.1 Å². The summed E-state index contributed by atoms with van der Waals surface area (Å²) < 4.78 is 111. The summed E-state index contributed by atoms with van der Waals surface area (Å²) in [5, 5.41) is 0. The van der Waals surface area contributed by atoms with Gasteiger partial charge < -0.3 is 4.74 Å². The van der Waals surface area contributed by atoms with Crippen LogP contribution in [0.1, 0.15) is 34.1 Å². The summed E-state index contributed by atoms with van der Waals surface area (Å²) >= 11 is 0. The zero-order valence-corrected chi connectivity index (χ0v) is 13.7. The second-order valence-electron chi connectivity index (χ2n) is 6.15. The van der Waals surface area contributed by atoms with Gasteiger partial charge in [0.1, 0.15) is 23.1 Å². The molecular formula is C18H10F8O2. The van der Waals surface area contributed by atoms with Gasteiger partial charge in [-0.25, -0.2) is 13.2 Å². The van der Waals surface area contributed by atoms with Gasteiger partial charge in [-0.3, -0.25) is 4.79 Å². The molecule has 0 N–H and O–H groups in total. The first-order valence-corrected chi connectivity index (χ1v) is 7.83. The summed E-state index contributed by atoms with van der Waals surface area (Å²) in [5.74, 6) is -9.74. The molecule has 0 spiro atoms. The Kier molecular flexibility index (Phi) is 4.84. The topological polar surface area (TPSA) is 26.3 Å². The van der Waals surface area contributed by atoms with Crippen molar-refractivity contribution in [3.63, 3.8) is 0 Å². The molecule has 0 aromatic heterocycles. The Morgan fingerprint density at radius 3 is 2.21 bits per heavy atom. The van der Waals surface area contributed by atoms with Crippen molar-refractivity contribution in [2.24, 2.45) is 0 Å². The summed E-state index contributed by atoms with van der Waals surface area (Å²) in [5.41, 5.74) is -2.27. The fourth-order valence-electron chi connectivity index (χ4n) is 2.92. The molecule has 3 rings (SSSR count). The normalized spacial score (nSPS) is 18.3. The van der Waals surface area contributed by atoms with Crippen LogP contribution in [-0.2, 0) is 6.42 Å². The van der Waals surface area contributed by atoms with E-state index >= 15 is 0 Å². The number of carbonyl (C=O) groups is 1. The lowest BCUT2D eigenvalue weighted by Gasteiger charge is -2.15. The molecule has 2 nitrogen and oxygen atoms in total. The van der Waals surface area contributed by atoms with Gasteiger partial charge in [-0.2, -0.15) is 22.0 Å². The molecule has 2 aromatic rings. The predicted octanol–water partition coefficient (Wildman–Crippen LogP) is 6.09. The molecule has 1 aliphatic carbocycles. The van der Waals surface area contributed by atoms with Crippen LogP contribution < -0.4 is 4.74 Å². The fraction of sp³-hybridized carbons (Fsp3) is 0.278. The molecule has 0 saturated carbocycles. The van der Waals surface area contributed by atoms with Crippen molar-refractivity contribution < 1.29 is 44.7 Å². The molecule has 150 valence electrons. The Morgan fingerprint density at radius 2 is 1.64 bits per heavy atom. The minimum atomic E-state index is -4.62. The standard InChI is InChI=1S/C18H10F8O2/c19-9-5-10(20)7-11(6-9)28-12-2-1-8(3-4-17(22,23)24)13-14(12)15(21)18(25,26)16(13)27/h1-2,5-7,15H,3-4H2/t15-/m1/s1. The Balaban J connectivity index is 2.07. The van der Waals surface area contributed by atoms with Gasteiger partial charge in [0, 0.05) is 35.7 Å². The summed E-state index contributed by atoms with van der Waals surface area (Å²) in [6, 6.07) is 3.69. The van der Waals surface area contributed by atoms with Crippen molar-refractivity contribution in [2.75, 3.05) is 0 Å². The molecule has 2 aromatic carbocycles. The third-order valence-corrected chi connectivity index (χ3v) is 4.14. The van der Waals surface area contributed by atoms with Crippen molar-refractivity contribution in [3.05, 3.63) is 58.7 Å². The van der Waals surface area contributed by atoms with Gasteiger partial charge in [-0.15, -0.1) is 0 Å². The maximum absolute atomic E-state index is 14.3. The number of halogens is 8. The van der Waals surface area contributed by atoms with E-state index in [1.165, 1.54) is 0 Å². The number of hydrogen-bond acceptors (Lipinski definition) is 2. The highest BCUT2D eigenvalue weighted by atomic mass is 19.4. The Bertz CT molecular complexity index is 916. The Hall–Kier alpha value is -2.65. The van der Waals surface area contributed by atoms with Crippen LogP contribution >= 0.6 is 0 Å². The van der Waals surface area contributed by atoms with Crippen LogP contribution in [0.25, 0.3) is 0 Å². The van der Waals surface area contributed by atoms with E-state index in [2.05, 4.69) is 0 Å². The van der Waals surface area contributed by atoms with Crippen molar-refractivity contribution in [3.8, 4) is 11.5 Å². The number of ether oxygens (including phenoxy) is 1. The van der Waals surface area contributed by atoms with Crippen LogP contribution in [-0.4, -0.2) is 17.9 Å². The molecule has 1 aliphatic rings. The van der Waals surface area contributed by atoms with Gasteiger partial charge in [-0.1, -0.05) is 6.07 Å². The van der Waals surface area contributed by atoms with E-state index in [0.29, 0.717) is 18.2 Å². The van der Waals surface area contributed by atoms with E-state index in [-0.39, 0.29) is 0 Å². The van der Waals surface area contributed by atoms with Crippen LogP contribution in [0.15, 0.2) is 30.3 Å². The molecule has 28 heavy (non-hydrogen) atoms. The zero-order valence-electron chi connectivity index (χ0n) is 13.7. The number of carbonyl (C=O) groups excluding carboxylic acids is 1. The molecule has 0 fully saturated rings. The van der Waals surface area contributed by atoms with E-state index in [9.17, 15) is 39.9 Å². The van der Waals surface area contributed by atoms with E-state index in [1.54, 1.807) is 0 Å². The lowest BCUT2D eigenvalue weighted by molar-refractivity contribution is -0.134. The molecule has 0 bridgehead atoms. The van der Waals surface area contributed by atoms with Crippen LogP contribution in [0.2, 0.25) is 0 Å². The summed E-state index contributed by atoms with van der Waals surface area (Å²) in [7, 11) is 0. The number of Topliss-reactive ketones (excluding diaryl/α,β-unsaturated/α-hetero) is 1. The quantitative estimate of drug-likeness (QED) is 0.570. The first-order chi connectivity index (χ1) is 12.9. The van der Waals surface area contributed by atoms with Gasteiger partial charge in [0.05, 0.1) is 0 Å². The van der Waals surface area contributed by atoms with Crippen molar-refractivity contribution in [2.45, 2.75) is 31.1 Å². The van der Waals surface area contributed by atoms with Crippen molar-refractivity contribution in [1.29, 1.82) is 0 Å². The van der Waals surface area contributed by atoms with Crippen LogP contribution in [0, 0.1) is 11.6 Å². The molecule has 0 heterocycles. The number of ketones is 1. The number of rotatable bonds is 4. The second-order valence-corrected chi connectivity index (χ2v) is 6.15. The van der Waals surface area contributed by atoms with E-state index in [0.717, 1.165) is 12.1 Å². The van der Waals surface area contributed by atoms with E-state index in [4.69, 9.17) is 4.74 Å². The van der Waals surface area contributed by atoms with Crippen LogP contribution in [0.4, 0.5) is 35.1 Å². The highest BCUT2D eigenvalue weighted by Gasteiger charge is 2.58. The van der Waals surface area contributed by atoms with Gasteiger partial charge >= 0.3 is 12.1 Å². The predicted molar refractivity (Wildman–Crippen MR) is 80.4 cm³/mol. The first kappa shape index (κ1) is 20.1. The third kappa shape index (κ3) is 3.67. The minimum Gasteiger partial charge on any atom is -0.457 e. The molecule has 0 unspecified atom stereocenters. The van der Waals surface area contributed by atoms with Gasteiger partial charge in [0.15, 0.2) is 0 Å². The number of benzene rings is 2. The number of aryl methyl sites for hydroxylation is 1. The second kappa shape index (κ2) is 6.75. The summed E-state index contributed by atoms with van der Waals surface area (Å²) in [6.07, 6.45) is -10.0. The average Bonchev–Trinajstić information content (AvgIpc) is 2.74. The minimum absolute atomic E-state index is 0.421. The molecule has 0 aliphatic heterocycles. The summed E-state index contributed by atoms with van der Waals surface area (Å²) in [6.45, 7) is 0. The Morgan fingerprint density at radius 1 is 1.04 bits per heavy atom. The van der Waals surface area contributed by atoms with Gasteiger partial charge in [0.2, 0.25) is 12.0 Å². The number of hydrogen-bond donors (Lipinski definition) is 0. The average molecular weight is 410 g/mol. The number of alkyl halides is 6. The van der Waals surface area contributed by atoms with Crippen molar-refractivity contribution in [1.82, 2.24) is 0 Å². The highest BCUT2D eigenvalue weighted by Crippen LogP contribution is 2.51.